The largest absolute Gasteiger partial charge is 0.0856 e. The maximum Gasteiger partial charge on any atom is 0.0379 e. The molecule has 0 spiro atoms. The van der Waals surface area contributed by atoms with Gasteiger partial charge < -0.3 is 0 Å². The van der Waals surface area contributed by atoms with Crippen LogP contribution in [0.2, 0.25) is 0 Å². The highest BCUT2D eigenvalue weighted by Crippen LogP contribution is 2.51. The molecule has 0 radical (unpaired) electrons. The Balaban J connectivity index is 1.34. The van der Waals surface area contributed by atoms with Crippen LogP contribution in [0.1, 0.15) is 35.5 Å². The Bertz CT molecular complexity index is 1600. The summed E-state index contributed by atoms with van der Waals surface area (Å²) in [5.74, 6) is 0. The lowest BCUT2D eigenvalue weighted by atomic mass is 9.89. The molecule has 0 fully saturated rings. The molecule has 6 rings (SSSR count). The van der Waals surface area contributed by atoms with Gasteiger partial charge in [-0.15, -0.1) is 0 Å². The summed E-state index contributed by atoms with van der Waals surface area (Å²) in [5, 5.41) is 0.600. The quantitative estimate of drug-likeness (QED) is 0.157. The normalized spacial score (nSPS) is 12.5. The van der Waals surface area contributed by atoms with Crippen molar-refractivity contribution in [3.63, 3.8) is 0 Å². The predicted molar refractivity (Wildman–Crippen MR) is 187 cm³/mol. The molecule has 2 heteroatoms. The lowest BCUT2D eigenvalue weighted by Gasteiger charge is -2.23. The first-order valence-corrected chi connectivity index (χ1v) is 16.8. The molecule has 206 valence electrons. The topological polar surface area (TPSA) is 0 Å². The zero-order chi connectivity index (χ0) is 28.7. The Morgan fingerprint density at radius 2 is 0.643 bits per heavy atom. The fourth-order valence-corrected chi connectivity index (χ4v) is 8.21. The molecule has 0 amide bonds. The average molecular weight is 579 g/mol. The molecule has 0 aliphatic heterocycles. The van der Waals surface area contributed by atoms with E-state index < -0.39 is 0 Å². The summed E-state index contributed by atoms with van der Waals surface area (Å²) in [5.41, 5.74) is 13.0. The summed E-state index contributed by atoms with van der Waals surface area (Å²) in [4.78, 5) is 0. The monoisotopic (exact) mass is 578 g/mol. The van der Waals surface area contributed by atoms with Crippen LogP contribution in [0.15, 0.2) is 158 Å². The molecule has 0 saturated heterocycles. The van der Waals surface area contributed by atoms with Crippen molar-refractivity contribution < 1.29 is 0 Å². The van der Waals surface area contributed by atoms with Crippen molar-refractivity contribution in [1.29, 1.82) is 0 Å². The molecule has 0 aliphatic carbocycles. The van der Waals surface area contributed by atoms with E-state index in [2.05, 4.69) is 172 Å². The van der Waals surface area contributed by atoms with Crippen LogP contribution in [-0.4, -0.2) is 0 Å². The summed E-state index contributed by atoms with van der Waals surface area (Å²) in [6, 6.07) is 56.8. The van der Waals surface area contributed by atoms with Gasteiger partial charge in [0.15, 0.2) is 0 Å². The van der Waals surface area contributed by atoms with Gasteiger partial charge in [-0.05, 0) is 69.5 Å². The van der Waals surface area contributed by atoms with E-state index in [1.165, 1.54) is 55.6 Å². The molecule has 0 unspecified atom stereocenters. The van der Waals surface area contributed by atoms with Crippen molar-refractivity contribution in [2.75, 3.05) is 0 Å². The Kier molecular flexibility index (Phi) is 8.94. The molecular weight excluding hydrogens is 545 g/mol. The van der Waals surface area contributed by atoms with Crippen LogP contribution in [0.3, 0.4) is 0 Å². The lowest BCUT2D eigenvalue weighted by Crippen LogP contribution is -1.98. The number of benzene rings is 6. The van der Waals surface area contributed by atoms with Crippen molar-refractivity contribution in [3.8, 4) is 44.5 Å². The van der Waals surface area contributed by atoms with Crippen molar-refractivity contribution in [2.45, 2.75) is 24.3 Å². The fourth-order valence-electron chi connectivity index (χ4n) is 5.66. The molecular formula is C40H34S2. The number of hydrogen-bond donors (Lipinski definition) is 0. The molecule has 6 aromatic carbocycles. The zero-order valence-corrected chi connectivity index (χ0v) is 25.6. The van der Waals surface area contributed by atoms with Crippen molar-refractivity contribution >= 4 is 21.6 Å². The fraction of sp³-hybridized carbons (Fsp3) is 0.100. The summed E-state index contributed by atoms with van der Waals surface area (Å²) >= 11 is 0. The highest BCUT2D eigenvalue weighted by Gasteiger charge is 2.21. The molecule has 2 atom stereocenters. The van der Waals surface area contributed by atoms with Crippen molar-refractivity contribution in [3.05, 3.63) is 169 Å². The lowest BCUT2D eigenvalue weighted by molar-refractivity contribution is 1.10. The molecule has 42 heavy (non-hydrogen) atoms. The van der Waals surface area contributed by atoms with E-state index >= 15 is 0 Å². The predicted octanol–water partition coefficient (Wildman–Crippen LogP) is 12.6. The van der Waals surface area contributed by atoms with E-state index in [-0.39, 0.29) is 0 Å². The first-order chi connectivity index (χ1) is 20.7. The van der Waals surface area contributed by atoms with E-state index in [9.17, 15) is 0 Å². The Labute approximate surface area is 258 Å². The van der Waals surface area contributed by atoms with E-state index in [0.717, 1.165) is 0 Å². The first kappa shape index (κ1) is 28.2. The van der Waals surface area contributed by atoms with Gasteiger partial charge in [0.1, 0.15) is 0 Å². The van der Waals surface area contributed by atoms with Crippen molar-refractivity contribution in [1.82, 2.24) is 0 Å². The van der Waals surface area contributed by atoms with E-state index in [4.69, 9.17) is 0 Å². The molecule has 0 aliphatic rings. The molecule has 0 N–H and O–H groups in total. The Hall–Kier alpha value is -3.98. The minimum atomic E-state index is 0.300. The Morgan fingerprint density at radius 3 is 0.976 bits per heavy atom. The van der Waals surface area contributed by atoms with Gasteiger partial charge in [0.25, 0.3) is 0 Å². The molecule has 6 aromatic rings. The van der Waals surface area contributed by atoms with Gasteiger partial charge >= 0.3 is 0 Å². The maximum absolute atomic E-state index is 2.35. The van der Waals surface area contributed by atoms with Crippen LogP contribution in [0.5, 0.6) is 0 Å². The average Bonchev–Trinajstić information content (AvgIpc) is 3.08. The standard InChI is InChI=1S/C40H34S2/c1-29(35-25-15-27-37(31-17-7-3-8-18-31)39(35)33-21-11-5-12-22-33)41-42-30(2)36-26-16-28-38(32-19-9-4-10-20-32)40(36)34-23-13-6-14-24-34/h3-30H,1-2H3/t29-,30-/m1/s1. The van der Waals surface area contributed by atoms with Crippen LogP contribution in [0, 0.1) is 0 Å². The minimum Gasteiger partial charge on any atom is -0.0856 e. The van der Waals surface area contributed by atoms with Crippen LogP contribution < -0.4 is 0 Å². The third-order valence-electron chi connectivity index (χ3n) is 7.71. The van der Waals surface area contributed by atoms with Crippen LogP contribution in [0.4, 0.5) is 0 Å². The van der Waals surface area contributed by atoms with E-state index in [1.54, 1.807) is 0 Å². The van der Waals surface area contributed by atoms with Crippen LogP contribution >= 0.6 is 21.6 Å². The molecule has 0 aromatic heterocycles. The van der Waals surface area contributed by atoms with Gasteiger partial charge in [-0.1, -0.05) is 179 Å². The smallest absolute Gasteiger partial charge is 0.0379 e. The summed E-state index contributed by atoms with van der Waals surface area (Å²) in [6.07, 6.45) is 0. The van der Waals surface area contributed by atoms with Gasteiger partial charge in [-0.25, -0.2) is 0 Å². The van der Waals surface area contributed by atoms with Gasteiger partial charge in [-0.2, -0.15) is 0 Å². The number of rotatable bonds is 9. The van der Waals surface area contributed by atoms with E-state index in [0.29, 0.717) is 10.5 Å². The highest BCUT2D eigenvalue weighted by atomic mass is 33.1. The van der Waals surface area contributed by atoms with Gasteiger partial charge in [-0.3, -0.25) is 0 Å². The summed E-state index contributed by atoms with van der Waals surface area (Å²) < 4.78 is 0. The molecule has 0 nitrogen and oxygen atoms in total. The first-order valence-electron chi connectivity index (χ1n) is 14.5. The second-order valence-electron chi connectivity index (χ2n) is 10.5. The number of hydrogen-bond acceptors (Lipinski definition) is 2. The molecule has 0 saturated carbocycles. The maximum atomic E-state index is 2.35. The zero-order valence-electron chi connectivity index (χ0n) is 24.0. The van der Waals surface area contributed by atoms with Gasteiger partial charge in [0, 0.05) is 10.5 Å². The van der Waals surface area contributed by atoms with Crippen LogP contribution in [-0.2, 0) is 0 Å². The van der Waals surface area contributed by atoms with Gasteiger partial charge in [0.2, 0.25) is 0 Å². The minimum absolute atomic E-state index is 0.300. The third-order valence-corrected chi connectivity index (χ3v) is 11.0. The highest BCUT2D eigenvalue weighted by molar-refractivity contribution is 8.76. The Morgan fingerprint density at radius 1 is 0.333 bits per heavy atom. The van der Waals surface area contributed by atoms with E-state index in [1.807, 2.05) is 21.6 Å². The molecule has 0 bridgehead atoms. The van der Waals surface area contributed by atoms with Crippen molar-refractivity contribution in [2.24, 2.45) is 0 Å². The summed E-state index contributed by atoms with van der Waals surface area (Å²) in [6.45, 7) is 4.69. The summed E-state index contributed by atoms with van der Waals surface area (Å²) in [7, 11) is 3.93. The SMILES string of the molecule is C[C@@H](SS[C@H](C)c1cccc(-c2ccccc2)c1-c1ccccc1)c1cccc(-c2ccccc2)c1-c1ccccc1. The van der Waals surface area contributed by atoms with Gasteiger partial charge in [0.05, 0.1) is 0 Å². The molecule has 0 heterocycles. The van der Waals surface area contributed by atoms with Crippen LogP contribution in [0.25, 0.3) is 44.5 Å². The second kappa shape index (κ2) is 13.3. The third kappa shape index (κ3) is 6.11. The second-order valence-corrected chi connectivity index (χ2v) is 13.4.